The predicted octanol–water partition coefficient (Wildman–Crippen LogP) is 3.39. The van der Waals surface area contributed by atoms with Crippen molar-refractivity contribution in [1.29, 1.82) is 0 Å². The van der Waals surface area contributed by atoms with Crippen molar-refractivity contribution < 1.29 is 5.11 Å². The maximum atomic E-state index is 10.1. The van der Waals surface area contributed by atoms with Gasteiger partial charge in [0.15, 0.2) is 0 Å². The van der Waals surface area contributed by atoms with E-state index in [1.807, 2.05) is 19.1 Å². The Morgan fingerprint density at radius 3 is 2.44 bits per heavy atom. The van der Waals surface area contributed by atoms with Gasteiger partial charge in [0.2, 0.25) is 0 Å². The molecule has 1 aromatic carbocycles. The largest absolute Gasteiger partial charge is 0.388 e. The summed E-state index contributed by atoms with van der Waals surface area (Å²) in [4.78, 5) is 5.45. The average Bonchev–Trinajstić information content (AvgIpc) is 2.40. The van der Waals surface area contributed by atoms with Crippen molar-refractivity contribution in [1.82, 2.24) is 4.98 Å². The predicted molar refractivity (Wildman–Crippen MR) is 75.9 cm³/mol. The van der Waals surface area contributed by atoms with E-state index in [2.05, 4.69) is 35.5 Å². The van der Waals surface area contributed by atoms with Gasteiger partial charge < -0.3 is 5.11 Å². The van der Waals surface area contributed by atoms with Crippen LogP contribution >= 0.6 is 11.8 Å². The van der Waals surface area contributed by atoms with Crippen molar-refractivity contribution in [2.45, 2.75) is 24.3 Å². The van der Waals surface area contributed by atoms with Gasteiger partial charge >= 0.3 is 0 Å². The van der Waals surface area contributed by atoms with Gasteiger partial charge in [0.25, 0.3) is 0 Å². The number of rotatable bonds is 4. The van der Waals surface area contributed by atoms with Crippen LogP contribution < -0.4 is 0 Å². The Morgan fingerprint density at radius 1 is 1.17 bits per heavy atom. The lowest BCUT2D eigenvalue weighted by molar-refractivity contribution is 0.178. The van der Waals surface area contributed by atoms with Gasteiger partial charge in [0, 0.05) is 23.2 Å². The maximum Gasteiger partial charge on any atom is 0.0845 e. The highest BCUT2D eigenvalue weighted by molar-refractivity contribution is 7.98. The number of nitrogens with zero attached hydrogens (tertiary/aromatic N) is 1. The van der Waals surface area contributed by atoms with Crippen LogP contribution in [0.5, 0.6) is 0 Å². The summed E-state index contributed by atoms with van der Waals surface area (Å²) in [6.45, 7) is 1.94. The molecule has 18 heavy (non-hydrogen) atoms. The lowest BCUT2D eigenvalue weighted by Gasteiger charge is -2.11. The van der Waals surface area contributed by atoms with Crippen molar-refractivity contribution in [3.8, 4) is 0 Å². The lowest BCUT2D eigenvalue weighted by Crippen LogP contribution is -2.02. The molecule has 0 aliphatic carbocycles. The zero-order chi connectivity index (χ0) is 13.0. The van der Waals surface area contributed by atoms with Gasteiger partial charge in [-0.1, -0.05) is 18.2 Å². The molecule has 1 N–H and O–H groups in total. The summed E-state index contributed by atoms with van der Waals surface area (Å²) >= 11 is 1.72. The van der Waals surface area contributed by atoms with Crippen LogP contribution in [0, 0.1) is 6.92 Å². The SMILES string of the molecule is CSc1ccc(CC(O)c2ccc(C)nc2)cc1. The van der Waals surface area contributed by atoms with Crippen molar-refractivity contribution >= 4 is 11.8 Å². The fourth-order valence-corrected chi connectivity index (χ4v) is 2.19. The van der Waals surface area contributed by atoms with Crippen LogP contribution in [0.25, 0.3) is 0 Å². The van der Waals surface area contributed by atoms with E-state index in [1.165, 1.54) is 4.90 Å². The first-order valence-corrected chi connectivity index (χ1v) is 7.15. The Balaban J connectivity index is 2.05. The number of hydrogen-bond acceptors (Lipinski definition) is 3. The molecule has 0 bridgehead atoms. The number of aryl methyl sites for hydroxylation is 1. The molecule has 1 atom stereocenters. The molecule has 1 aromatic heterocycles. The quantitative estimate of drug-likeness (QED) is 0.854. The molecule has 3 heteroatoms. The van der Waals surface area contributed by atoms with Crippen molar-refractivity contribution in [2.24, 2.45) is 0 Å². The minimum atomic E-state index is -0.488. The Kier molecular flexibility index (Phi) is 4.39. The normalized spacial score (nSPS) is 12.4. The molecule has 0 saturated heterocycles. The zero-order valence-electron chi connectivity index (χ0n) is 10.6. The van der Waals surface area contributed by atoms with Crippen molar-refractivity contribution in [2.75, 3.05) is 6.26 Å². The number of aliphatic hydroxyl groups excluding tert-OH is 1. The number of benzene rings is 1. The van der Waals surface area contributed by atoms with Crippen LogP contribution in [0.15, 0.2) is 47.5 Å². The Bertz CT molecular complexity index is 493. The van der Waals surface area contributed by atoms with Gasteiger partial charge in [0.1, 0.15) is 0 Å². The topological polar surface area (TPSA) is 33.1 Å². The molecule has 0 aliphatic heterocycles. The number of thioether (sulfide) groups is 1. The van der Waals surface area contributed by atoms with E-state index >= 15 is 0 Å². The molecule has 0 spiro atoms. The summed E-state index contributed by atoms with van der Waals surface area (Å²) in [5.74, 6) is 0. The molecule has 0 amide bonds. The van der Waals surface area contributed by atoms with Gasteiger partial charge in [-0.3, -0.25) is 4.98 Å². The summed E-state index contributed by atoms with van der Waals surface area (Å²) in [6, 6.07) is 12.2. The molecular weight excluding hydrogens is 242 g/mol. The van der Waals surface area contributed by atoms with E-state index in [-0.39, 0.29) is 0 Å². The zero-order valence-corrected chi connectivity index (χ0v) is 11.4. The summed E-state index contributed by atoms with van der Waals surface area (Å²) in [6.07, 6.45) is 3.94. The van der Waals surface area contributed by atoms with Crippen molar-refractivity contribution in [3.63, 3.8) is 0 Å². The van der Waals surface area contributed by atoms with Gasteiger partial charge in [-0.15, -0.1) is 11.8 Å². The Hall–Kier alpha value is -1.32. The molecule has 94 valence electrons. The van der Waals surface area contributed by atoms with Crippen LogP contribution in [0.4, 0.5) is 0 Å². The molecule has 1 heterocycles. The van der Waals surface area contributed by atoms with Gasteiger partial charge in [0.05, 0.1) is 6.10 Å². The maximum absolute atomic E-state index is 10.1. The molecular formula is C15H17NOS. The molecule has 0 fully saturated rings. The van der Waals surface area contributed by atoms with Crippen LogP contribution in [0.3, 0.4) is 0 Å². The monoisotopic (exact) mass is 259 g/mol. The molecule has 2 rings (SSSR count). The molecule has 2 nitrogen and oxygen atoms in total. The van der Waals surface area contributed by atoms with Crippen LogP contribution in [0.1, 0.15) is 22.9 Å². The minimum absolute atomic E-state index is 0.488. The first-order chi connectivity index (χ1) is 8.69. The standard InChI is InChI=1S/C15H17NOS/c1-11-3-6-13(10-16-11)15(17)9-12-4-7-14(18-2)8-5-12/h3-8,10,15,17H,9H2,1-2H3. The number of hydrogen-bond donors (Lipinski definition) is 1. The van der Waals surface area contributed by atoms with E-state index in [9.17, 15) is 5.11 Å². The summed E-state index contributed by atoms with van der Waals surface area (Å²) in [5.41, 5.74) is 2.98. The fourth-order valence-electron chi connectivity index (χ4n) is 1.78. The lowest BCUT2D eigenvalue weighted by atomic mass is 10.0. The molecule has 0 saturated carbocycles. The first-order valence-electron chi connectivity index (χ1n) is 5.92. The highest BCUT2D eigenvalue weighted by atomic mass is 32.2. The highest BCUT2D eigenvalue weighted by Gasteiger charge is 2.08. The molecule has 0 radical (unpaired) electrons. The minimum Gasteiger partial charge on any atom is -0.388 e. The fraction of sp³-hybridized carbons (Fsp3) is 0.267. The summed E-state index contributed by atoms with van der Waals surface area (Å²) < 4.78 is 0. The van der Waals surface area contributed by atoms with E-state index in [0.717, 1.165) is 16.8 Å². The number of pyridine rings is 1. The third kappa shape index (κ3) is 3.34. The second kappa shape index (κ2) is 6.03. The molecule has 0 aliphatic rings. The van der Waals surface area contributed by atoms with Crippen LogP contribution in [-0.4, -0.2) is 16.3 Å². The van der Waals surface area contributed by atoms with Crippen LogP contribution in [0.2, 0.25) is 0 Å². The van der Waals surface area contributed by atoms with E-state index in [4.69, 9.17) is 0 Å². The van der Waals surface area contributed by atoms with E-state index < -0.39 is 6.10 Å². The number of aromatic nitrogens is 1. The van der Waals surface area contributed by atoms with Gasteiger partial charge in [-0.05, 0) is 42.5 Å². The van der Waals surface area contributed by atoms with E-state index in [0.29, 0.717) is 6.42 Å². The van der Waals surface area contributed by atoms with Crippen LogP contribution in [-0.2, 0) is 6.42 Å². The summed E-state index contributed by atoms with van der Waals surface area (Å²) in [7, 11) is 0. The number of aliphatic hydroxyl groups is 1. The third-order valence-electron chi connectivity index (χ3n) is 2.91. The summed E-state index contributed by atoms with van der Waals surface area (Å²) in [5, 5.41) is 10.1. The molecule has 2 aromatic rings. The first kappa shape index (κ1) is 13.1. The smallest absolute Gasteiger partial charge is 0.0845 e. The third-order valence-corrected chi connectivity index (χ3v) is 3.65. The Morgan fingerprint density at radius 2 is 1.89 bits per heavy atom. The second-order valence-electron chi connectivity index (χ2n) is 4.30. The van der Waals surface area contributed by atoms with Gasteiger partial charge in [-0.2, -0.15) is 0 Å². The second-order valence-corrected chi connectivity index (χ2v) is 5.18. The van der Waals surface area contributed by atoms with Gasteiger partial charge in [-0.25, -0.2) is 0 Å². The molecule has 1 unspecified atom stereocenters. The Labute approximate surface area is 112 Å². The van der Waals surface area contributed by atoms with E-state index in [1.54, 1.807) is 18.0 Å². The average molecular weight is 259 g/mol. The van der Waals surface area contributed by atoms with Crippen molar-refractivity contribution in [3.05, 3.63) is 59.4 Å². The highest BCUT2D eigenvalue weighted by Crippen LogP contribution is 2.20.